The minimum absolute atomic E-state index is 0.0775. The first kappa shape index (κ1) is 20.5. The number of carbonyl (C=O) groups is 1. The molecule has 28 heavy (non-hydrogen) atoms. The van der Waals surface area contributed by atoms with Gasteiger partial charge >= 0.3 is 0 Å². The number of sulfonamides is 1. The van der Waals surface area contributed by atoms with Gasteiger partial charge in [0, 0.05) is 5.02 Å². The van der Waals surface area contributed by atoms with Crippen LogP contribution in [0.25, 0.3) is 0 Å². The predicted octanol–water partition coefficient (Wildman–Crippen LogP) is 5.70. The highest BCUT2D eigenvalue weighted by atomic mass is 35.5. The molecule has 0 unspecified atom stereocenters. The first-order valence-electron chi connectivity index (χ1n) is 7.90. The fourth-order valence-electron chi connectivity index (χ4n) is 2.37. The van der Waals surface area contributed by atoms with Gasteiger partial charge in [-0.1, -0.05) is 53.0 Å². The molecule has 0 saturated heterocycles. The van der Waals surface area contributed by atoms with Crippen LogP contribution in [0, 0.1) is 0 Å². The summed E-state index contributed by atoms with van der Waals surface area (Å²) in [5.41, 5.74) is 0.690. The normalized spacial score (nSPS) is 11.1. The zero-order valence-electron chi connectivity index (χ0n) is 14.1. The molecule has 2 N–H and O–H groups in total. The zero-order chi connectivity index (χ0) is 20.3. The maximum atomic E-state index is 12.7. The summed E-state index contributed by atoms with van der Waals surface area (Å²) in [6.07, 6.45) is 0. The summed E-state index contributed by atoms with van der Waals surface area (Å²) in [7, 11) is -3.92. The molecule has 0 bridgehead atoms. The van der Waals surface area contributed by atoms with E-state index in [1.807, 2.05) is 0 Å². The van der Waals surface area contributed by atoms with E-state index in [1.54, 1.807) is 42.5 Å². The van der Waals surface area contributed by atoms with Gasteiger partial charge in [-0.15, -0.1) is 0 Å². The van der Waals surface area contributed by atoms with E-state index in [4.69, 9.17) is 34.8 Å². The van der Waals surface area contributed by atoms with E-state index in [0.717, 1.165) is 0 Å². The fourth-order valence-corrected chi connectivity index (χ4v) is 4.02. The molecular weight excluding hydrogens is 443 g/mol. The molecule has 0 aliphatic rings. The lowest BCUT2D eigenvalue weighted by atomic mass is 10.2. The van der Waals surface area contributed by atoms with E-state index in [0.29, 0.717) is 10.7 Å². The van der Waals surface area contributed by atoms with Crippen molar-refractivity contribution in [3.05, 3.63) is 87.4 Å². The van der Waals surface area contributed by atoms with E-state index in [2.05, 4.69) is 10.0 Å². The molecule has 0 aliphatic heterocycles. The van der Waals surface area contributed by atoms with Crippen LogP contribution in [-0.2, 0) is 10.0 Å². The summed E-state index contributed by atoms with van der Waals surface area (Å²) < 4.78 is 27.7. The lowest BCUT2D eigenvalue weighted by molar-refractivity contribution is 0.102. The van der Waals surface area contributed by atoms with Crippen molar-refractivity contribution in [3.8, 4) is 0 Å². The highest BCUT2D eigenvalue weighted by Gasteiger charge is 2.18. The molecule has 0 atom stereocenters. The standard InChI is InChI=1S/C19H13Cl3N2O3S/c20-12-4-3-5-13(10-12)24-28(26,27)14-8-9-17(22)18(11-14)23-19(25)15-6-1-2-7-16(15)21/h1-11,24H,(H,23,25). The van der Waals surface area contributed by atoms with Crippen LogP contribution in [0.1, 0.15) is 10.4 Å². The Hall–Kier alpha value is -2.25. The minimum Gasteiger partial charge on any atom is -0.321 e. The van der Waals surface area contributed by atoms with Gasteiger partial charge in [0.2, 0.25) is 0 Å². The minimum atomic E-state index is -3.92. The fraction of sp³-hybridized carbons (Fsp3) is 0. The summed E-state index contributed by atoms with van der Waals surface area (Å²) in [6.45, 7) is 0. The SMILES string of the molecule is O=C(Nc1cc(S(=O)(=O)Nc2cccc(Cl)c2)ccc1Cl)c1ccccc1Cl. The Kier molecular flexibility index (Phi) is 6.15. The molecule has 5 nitrogen and oxygen atoms in total. The van der Waals surface area contributed by atoms with E-state index in [-0.39, 0.29) is 26.2 Å². The van der Waals surface area contributed by atoms with Gasteiger partial charge in [0.25, 0.3) is 15.9 Å². The van der Waals surface area contributed by atoms with Crippen LogP contribution in [0.4, 0.5) is 11.4 Å². The smallest absolute Gasteiger partial charge is 0.261 e. The summed E-state index contributed by atoms with van der Waals surface area (Å²) in [5.74, 6) is -0.509. The van der Waals surface area contributed by atoms with Crippen LogP contribution in [-0.4, -0.2) is 14.3 Å². The first-order chi connectivity index (χ1) is 13.3. The molecule has 0 spiro atoms. The van der Waals surface area contributed by atoms with Crippen molar-refractivity contribution in [2.24, 2.45) is 0 Å². The van der Waals surface area contributed by atoms with Crippen LogP contribution in [0.15, 0.2) is 71.6 Å². The van der Waals surface area contributed by atoms with Crippen LogP contribution in [0.5, 0.6) is 0 Å². The Labute approximate surface area is 177 Å². The molecular formula is C19H13Cl3N2O3S. The largest absolute Gasteiger partial charge is 0.321 e. The van der Waals surface area contributed by atoms with Gasteiger partial charge in [-0.2, -0.15) is 0 Å². The van der Waals surface area contributed by atoms with Crippen molar-refractivity contribution in [3.63, 3.8) is 0 Å². The number of hydrogen-bond donors (Lipinski definition) is 2. The lowest BCUT2D eigenvalue weighted by Gasteiger charge is -2.12. The van der Waals surface area contributed by atoms with Gasteiger partial charge in [-0.05, 0) is 48.5 Å². The average Bonchev–Trinajstić information content (AvgIpc) is 2.63. The maximum absolute atomic E-state index is 12.7. The molecule has 3 aromatic carbocycles. The van der Waals surface area contributed by atoms with Crippen LogP contribution >= 0.6 is 34.8 Å². The van der Waals surface area contributed by atoms with Gasteiger partial charge in [0.1, 0.15) is 0 Å². The van der Waals surface area contributed by atoms with E-state index >= 15 is 0 Å². The number of carbonyl (C=O) groups excluding carboxylic acids is 1. The molecule has 0 aliphatic carbocycles. The Morgan fingerprint density at radius 2 is 1.57 bits per heavy atom. The van der Waals surface area contributed by atoms with Gasteiger partial charge in [-0.25, -0.2) is 8.42 Å². The second-order valence-electron chi connectivity index (χ2n) is 5.69. The Bertz CT molecular complexity index is 1150. The number of halogens is 3. The Balaban J connectivity index is 1.88. The molecule has 9 heteroatoms. The molecule has 3 rings (SSSR count). The molecule has 0 fully saturated rings. The number of hydrogen-bond acceptors (Lipinski definition) is 3. The van der Waals surface area contributed by atoms with Crippen molar-refractivity contribution in [2.75, 3.05) is 10.0 Å². The van der Waals surface area contributed by atoms with Crippen molar-refractivity contribution < 1.29 is 13.2 Å². The Morgan fingerprint density at radius 1 is 0.821 bits per heavy atom. The number of nitrogens with one attached hydrogen (secondary N) is 2. The summed E-state index contributed by atoms with van der Waals surface area (Å²) in [4.78, 5) is 12.4. The second-order valence-corrected chi connectivity index (χ2v) is 8.62. The highest BCUT2D eigenvalue weighted by molar-refractivity contribution is 7.92. The molecule has 144 valence electrons. The van der Waals surface area contributed by atoms with Gasteiger partial charge in [0.15, 0.2) is 0 Å². The van der Waals surface area contributed by atoms with E-state index in [1.165, 1.54) is 24.3 Å². The summed E-state index contributed by atoms with van der Waals surface area (Å²) in [6, 6.07) is 16.8. The van der Waals surface area contributed by atoms with Crippen LogP contribution < -0.4 is 10.0 Å². The molecule has 0 radical (unpaired) electrons. The zero-order valence-corrected chi connectivity index (χ0v) is 17.2. The quantitative estimate of drug-likeness (QED) is 0.518. The van der Waals surface area contributed by atoms with Gasteiger partial charge in [0.05, 0.1) is 31.9 Å². The molecule has 1 amide bonds. The van der Waals surface area contributed by atoms with Gasteiger partial charge < -0.3 is 5.32 Å². The van der Waals surface area contributed by atoms with Crippen molar-refractivity contribution >= 4 is 62.1 Å². The molecule has 0 heterocycles. The summed E-state index contributed by atoms with van der Waals surface area (Å²) >= 11 is 18.0. The topological polar surface area (TPSA) is 75.3 Å². The molecule has 0 saturated carbocycles. The van der Waals surface area contributed by atoms with Crippen molar-refractivity contribution in [2.45, 2.75) is 4.90 Å². The third-order valence-electron chi connectivity index (χ3n) is 3.69. The Morgan fingerprint density at radius 3 is 2.29 bits per heavy atom. The van der Waals surface area contributed by atoms with E-state index < -0.39 is 15.9 Å². The predicted molar refractivity (Wildman–Crippen MR) is 113 cm³/mol. The summed E-state index contributed by atoms with van der Waals surface area (Å²) in [5, 5.41) is 3.43. The monoisotopic (exact) mass is 454 g/mol. The maximum Gasteiger partial charge on any atom is 0.261 e. The molecule has 3 aromatic rings. The average molecular weight is 456 g/mol. The number of amides is 1. The second kappa shape index (κ2) is 8.41. The highest BCUT2D eigenvalue weighted by Crippen LogP contribution is 2.28. The van der Waals surface area contributed by atoms with E-state index in [9.17, 15) is 13.2 Å². The number of rotatable bonds is 5. The van der Waals surface area contributed by atoms with Crippen molar-refractivity contribution in [1.29, 1.82) is 0 Å². The van der Waals surface area contributed by atoms with Crippen LogP contribution in [0.3, 0.4) is 0 Å². The third kappa shape index (κ3) is 4.77. The number of benzene rings is 3. The number of anilines is 2. The molecule has 0 aromatic heterocycles. The van der Waals surface area contributed by atoms with Crippen LogP contribution in [0.2, 0.25) is 15.1 Å². The first-order valence-corrected chi connectivity index (χ1v) is 10.5. The van der Waals surface area contributed by atoms with Gasteiger partial charge in [-0.3, -0.25) is 9.52 Å². The van der Waals surface area contributed by atoms with Crippen molar-refractivity contribution in [1.82, 2.24) is 0 Å². The third-order valence-corrected chi connectivity index (χ3v) is 5.96. The lowest BCUT2D eigenvalue weighted by Crippen LogP contribution is -2.15.